The summed E-state index contributed by atoms with van der Waals surface area (Å²) in [5.74, 6) is 0.835. The van der Waals surface area contributed by atoms with Gasteiger partial charge in [-0.1, -0.05) is 12.1 Å². The van der Waals surface area contributed by atoms with Crippen molar-refractivity contribution in [2.45, 2.75) is 4.90 Å². The number of benzene rings is 1. The number of nitrogens with one attached hydrogen (secondary N) is 1. The van der Waals surface area contributed by atoms with E-state index in [-0.39, 0.29) is 4.90 Å². The second-order valence-electron chi connectivity index (χ2n) is 4.00. The Labute approximate surface area is 110 Å². The van der Waals surface area contributed by atoms with Gasteiger partial charge in [0.25, 0.3) is 0 Å². The van der Waals surface area contributed by atoms with Crippen molar-refractivity contribution in [1.82, 2.24) is 4.31 Å². The molecule has 0 atom stereocenters. The van der Waals surface area contributed by atoms with Crippen molar-refractivity contribution in [2.24, 2.45) is 0 Å². The molecule has 1 aliphatic heterocycles. The first-order valence-corrected chi connectivity index (χ1v) is 8.60. The van der Waals surface area contributed by atoms with Crippen LogP contribution in [0.4, 0.5) is 5.69 Å². The number of sulfonamides is 1. The molecule has 2 rings (SSSR count). The molecule has 1 aromatic rings. The summed E-state index contributed by atoms with van der Waals surface area (Å²) in [6.45, 7) is 0.653. The van der Waals surface area contributed by atoms with E-state index in [0.717, 1.165) is 0 Å². The summed E-state index contributed by atoms with van der Waals surface area (Å²) in [5, 5.41) is 2.88. The number of rotatable bonds is 3. The van der Waals surface area contributed by atoms with Crippen LogP contribution in [0.15, 0.2) is 29.2 Å². The summed E-state index contributed by atoms with van der Waals surface area (Å²) < 4.78 is 37.6. The summed E-state index contributed by atoms with van der Waals surface area (Å²) in [4.78, 5) is 0.278. The fraction of sp³-hybridized carbons (Fsp3) is 0.455. The minimum atomic E-state index is -3.49. The topological polar surface area (TPSA) is 66.5 Å². The summed E-state index contributed by atoms with van der Waals surface area (Å²) in [5.41, 5.74) is 0.587. The van der Waals surface area contributed by atoms with Gasteiger partial charge in [0.1, 0.15) is 4.90 Å². The zero-order valence-electron chi connectivity index (χ0n) is 10.1. The van der Waals surface area contributed by atoms with Gasteiger partial charge in [-0.25, -0.2) is 8.42 Å². The molecular weight excluding hydrogens is 272 g/mol. The van der Waals surface area contributed by atoms with Crippen molar-refractivity contribution in [3.63, 3.8) is 0 Å². The number of anilines is 1. The van der Waals surface area contributed by atoms with E-state index in [2.05, 4.69) is 5.32 Å². The first-order chi connectivity index (χ1) is 8.55. The van der Waals surface area contributed by atoms with E-state index < -0.39 is 20.8 Å². The van der Waals surface area contributed by atoms with E-state index in [1.807, 2.05) is 0 Å². The molecule has 1 saturated heterocycles. The van der Waals surface area contributed by atoms with Crippen LogP contribution in [-0.4, -0.2) is 48.6 Å². The Bertz CT molecular complexity index is 547. The SMILES string of the molecule is CNc1ccccc1S(=O)(=O)N1CCS(=O)CC1. The Morgan fingerprint density at radius 2 is 1.83 bits per heavy atom. The molecule has 0 spiro atoms. The molecule has 7 heteroatoms. The first-order valence-electron chi connectivity index (χ1n) is 5.67. The number of para-hydroxylation sites is 1. The monoisotopic (exact) mass is 288 g/mol. The lowest BCUT2D eigenvalue weighted by atomic mass is 10.3. The fourth-order valence-corrected chi connectivity index (χ4v) is 4.82. The molecule has 0 radical (unpaired) electrons. The lowest BCUT2D eigenvalue weighted by Crippen LogP contribution is -2.41. The van der Waals surface area contributed by atoms with E-state index in [1.54, 1.807) is 31.3 Å². The zero-order chi connectivity index (χ0) is 13.2. The molecular formula is C11H16N2O3S2. The second-order valence-corrected chi connectivity index (χ2v) is 7.60. The van der Waals surface area contributed by atoms with E-state index >= 15 is 0 Å². The third-order valence-corrected chi connectivity index (χ3v) is 6.14. The Morgan fingerprint density at radius 3 is 2.44 bits per heavy atom. The van der Waals surface area contributed by atoms with Crippen molar-refractivity contribution >= 4 is 26.5 Å². The average molecular weight is 288 g/mol. The van der Waals surface area contributed by atoms with Crippen molar-refractivity contribution in [2.75, 3.05) is 37.0 Å². The molecule has 1 aliphatic rings. The molecule has 1 heterocycles. The maximum atomic E-state index is 12.5. The summed E-state index contributed by atoms with van der Waals surface area (Å²) >= 11 is 0. The van der Waals surface area contributed by atoms with Gasteiger partial charge in [-0.2, -0.15) is 4.31 Å². The van der Waals surface area contributed by atoms with Gasteiger partial charge in [0, 0.05) is 42.4 Å². The molecule has 18 heavy (non-hydrogen) atoms. The van der Waals surface area contributed by atoms with Crippen molar-refractivity contribution < 1.29 is 12.6 Å². The predicted molar refractivity (Wildman–Crippen MR) is 72.6 cm³/mol. The van der Waals surface area contributed by atoms with Crippen LogP contribution in [0.5, 0.6) is 0 Å². The highest BCUT2D eigenvalue weighted by atomic mass is 32.2. The van der Waals surface area contributed by atoms with Gasteiger partial charge < -0.3 is 5.32 Å². The van der Waals surface area contributed by atoms with Crippen LogP contribution in [0.25, 0.3) is 0 Å². The normalized spacial score (nSPS) is 18.7. The Kier molecular flexibility index (Phi) is 4.04. The van der Waals surface area contributed by atoms with E-state index in [9.17, 15) is 12.6 Å². The summed E-state index contributed by atoms with van der Waals surface area (Å²) in [7, 11) is -2.68. The Balaban J connectivity index is 2.33. The van der Waals surface area contributed by atoms with E-state index in [0.29, 0.717) is 30.3 Å². The van der Waals surface area contributed by atoms with E-state index in [1.165, 1.54) is 4.31 Å². The highest BCUT2D eigenvalue weighted by Crippen LogP contribution is 2.24. The second kappa shape index (κ2) is 5.38. The third kappa shape index (κ3) is 2.57. The minimum Gasteiger partial charge on any atom is -0.387 e. The standard InChI is InChI=1S/C11H16N2O3S2/c1-12-10-4-2-3-5-11(10)18(15,16)13-6-8-17(14)9-7-13/h2-5,12H,6-9H2,1H3. The van der Waals surface area contributed by atoms with Gasteiger partial charge in [0.2, 0.25) is 10.0 Å². The largest absolute Gasteiger partial charge is 0.387 e. The third-order valence-electron chi connectivity index (χ3n) is 2.91. The predicted octanol–water partition coefficient (Wildman–Crippen LogP) is 0.481. The molecule has 0 amide bonds. The van der Waals surface area contributed by atoms with Crippen LogP contribution >= 0.6 is 0 Å². The minimum absolute atomic E-state index is 0.278. The van der Waals surface area contributed by atoms with Crippen molar-refractivity contribution in [1.29, 1.82) is 0 Å². The molecule has 0 bridgehead atoms. The van der Waals surface area contributed by atoms with Gasteiger partial charge in [-0.3, -0.25) is 4.21 Å². The lowest BCUT2D eigenvalue weighted by molar-refractivity contribution is 0.439. The van der Waals surface area contributed by atoms with Gasteiger partial charge >= 0.3 is 0 Å². The highest BCUT2D eigenvalue weighted by molar-refractivity contribution is 7.89. The molecule has 0 aromatic heterocycles. The molecule has 1 fully saturated rings. The van der Waals surface area contributed by atoms with Crippen LogP contribution in [-0.2, 0) is 20.8 Å². The zero-order valence-corrected chi connectivity index (χ0v) is 11.8. The molecule has 0 aliphatic carbocycles. The average Bonchev–Trinajstić information content (AvgIpc) is 2.39. The molecule has 100 valence electrons. The number of hydrogen-bond acceptors (Lipinski definition) is 4. The fourth-order valence-electron chi connectivity index (χ4n) is 1.90. The number of hydrogen-bond donors (Lipinski definition) is 1. The quantitative estimate of drug-likeness (QED) is 0.878. The van der Waals surface area contributed by atoms with Crippen LogP contribution < -0.4 is 5.32 Å². The van der Waals surface area contributed by atoms with E-state index in [4.69, 9.17) is 0 Å². The van der Waals surface area contributed by atoms with Gasteiger partial charge in [-0.05, 0) is 12.1 Å². The Hall–Kier alpha value is -0.920. The first kappa shape index (κ1) is 13.5. The lowest BCUT2D eigenvalue weighted by Gasteiger charge is -2.26. The molecule has 0 saturated carbocycles. The maximum absolute atomic E-state index is 12.5. The Morgan fingerprint density at radius 1 is 1.22 bits per heavy atom. The maximum Gasteiger partial charge on any atom is 0.245 e. The summed E-state index contributed by atoms with van der Waals surface area (Å²) in [6, 6.07) is 6.81. The van der Waals surface area contributed by atoms with Gasteiger partial charge in [-0.15, -0.1) is 0 Å². The van der Waals surface area contributed by atoms with Crippen LogP contribution in [0.2, 0.25) is 0 Å². The van der Waals surface area contributed by atoms with Crippen LogP contribution in [0.1, 0.15) is 0 Å². The highest BCUT2D eigenvalue weighted by Gasteiger charge is 2.29. The van der Waals surface area contributed by atoms with Gasteiger partial charge in [0.05, 0.1) is 5.69 Å². The molecule has 5 nitrogen and oxygen atoms in total. The van der Waals surface area contributed by atoms with Crippen molar-refractivity contribution in [3.05, 3.63) is 24.3 Å². The van der Waals surface area contributed by atoms with Gasteiger partial charge in [0.15, 0.2) is 0 Å². The van der Waals surface area contributed by atoms with Crippen LogP contribution in [0.3, 0.4) is 0 Å². The van der Waals surface area contributed by atoms with Crippen molar-refractivity contribution in [3.8, 4) is 0 Å². The molecule has 0 unspecified atom stereocenters. The van der Waals surface area contributed by atoms with Crippen LogP contribution in [0, 0.1) is 0 Å². The smallest absolute Gasteiger partial charge is 0.245 e. The summed E-state index contributed by atoms with van der Waals surface area (Å²) in [6.07, 6.45) is 0. The molecule has 1 aromatic carbocycles. The number of nitrogens with zero attached hydrogens (tertiary/aromatic N) is 1. The molecule has 1 N–H and O–H groups in total.